The number of benzene rings is 1. The van der Waals surface area contributed by atoms with Crippen molar-refractivity contribution >= 4 is 23.4 Å². The van der Waals surface area contributed by atoms with Gasteiger partial charge in [0, 0.05) is 24.3 Å². The van der Waals surface area contributed by atoms with E-state index in [-0.39, 0.29) is 24.5 Å². The molecule has 0 radical (unpaired) electrons. The maximum Gasteiger partial charge on any atom is 0.340 e. The van der Waals surface area contributed by atoms with Crippen molar-refractivity contribution in [2.75, 3.05) is 13.2 Å². The van der Waals surface area contributed by atoms with Gasteiger partial charge in [-0.05, 0) is 26.0 Å². The molecule has 0 aliphatic heterocycles. The topological polar surface area (TPSA) is 113 Å². The molecule has 0 bridgehead atoms. The Morgan fingerprint density at radius 2 is 1.83 bits per heavy atom. The van der Waals surface area contributed by atoms with E-state index in [9.17, 15) is 24.5 Å². The largest absolute Gasteiger partial charge is 0.464 e. The molecule has 122 valence electrons. The van der Waals surface area contributed by atoms with Crippen LogP contribution in [0.4, 0.5) is 5.69 Å². The molecule has 0 saturated carbocycles. The SMILES string of the molecule is CCOC(=O)C(OCC)C(=C=O)C(=O)c1ccc([N+](=O)[O-])cc1. The third kappa shape index (κ3) is 4.57. The molecule has 0 heterocycles. The van der Waals surface area contributed by atoms with Gasteiger partial charge in [-0.2, -0.15) is 0 Å². The van der Waals surface area contributed by atoms with Crippen LogP contribution in [0.1, 0.15) is 24.2 Å². The summed E-state index contributed by atoms with van der Waals surface area (Å²) in [5.41, 5.74) is -0.743. The molecule has 1 aromatic rings. The number of rotatable bonds is 8. The second kappa shape index (κ2) is 8.57. The number of carbonyl (C=O) groups excluding carboxylic acids is 3. The molecule has 1 atom stereocenters. The fraction of sp³-hybridized carbons (Fsp3) is 0.333. The first kappa shape index (κ1) is 18.2. The Labute approximate surface area is 131 Å². The molecule has 0 aliphatic carbocycles. The zero-order valence-electron chi connectivity index (χ0n) is 12.6. The molecule has 0 aromatic heterocycles. The first-order chi connectivity index (χ1) is 11.0. The van der Waals surface area contributed by atoms with E-state index >= 15 is 0 Å². The van der Waals surface area contributed by atoms with Crippen LogP contribution >= 0.6 is 0 Å². The molecule has 1 aromatic carbocycles. The van der Waals surface area contributed by atoms with Crippen LogP contribution in [0.25, 0.3) is 0 Å². The van der Waals surface area contributed by atoms with Gasteiger partial charge in [0.25, 0.3) is 5.69 Å². The highest BCUT2D eigenvalue weighted by molar-refractivity contribution is 6.16. The summed E-state index contributed by atoms with van der Waals surface area (Å²) in [6, 6.07) is 4.61. The van der Waals surface area contributed by atoms with E-state index in [2.05, 4.69) is 0 Å². The van der Waals surface area contributed by atoms with Gasteiger partial charge in [-0.1, -0.05) is 0 Å². The minimum absolute atomic E-state index is 0.00273. The lowest BCUT2D eigenvalue weighted by molar-refractivity contribution is -0.384. The van der Waals surface area contributed by atoms with E-state index < -0.39 is 28.4 Å². The normalized spacial score (nSPS) is 11.2. The van der Waals surface area contributed by atoms with Crippen LogP contribution < -0.4 is 0 Å². The van der Waals surface area contributed by atoms with Crippen molar-refractivity contribution in [3.63, 3.8) is 0 Å². The van der Waals surface area contributed by atoms with E-state index in [1.54, 1.807) is 13.8 Å². The monoisotopic (exact) mass is 321 g/mol. The number of ether oxygens (including phenoxy) is 2. The second-order valence-corrected chi connectivity index (χ2v) is 4.24. The van der Waals surface area contributed by atoms with Gasteiger partial charge in [-0.15, -0.1) is 0 Å². The van der Waals surface area contributed by atoms with E-state index in [4.69, 9.17) is 9.47 Å². The predicted octanol–water partition coefficient (Wildman–Crippen LogP) is 1.50. The van der Waals surface area contributed by atoms with Gasteiger partial charge in [0.2, 0.25) is 5.78 Å². The molecule has 0 fully saturated rings. The summed E-state index contributed by atoms with van der Waals surface area (Å²) in [4.78, 5) is 45.3. The number of nitrogens with zero attached hydrogens (tertiary/aromatic N) is 1. The molecular formula is C15H15NO7. The highest BCUT2D eigenvalue weighted by Crippen LogP contribution is 2.17. The number of ketones is 1. The maximum atomic E-state index is 12.3. The van der Waals surface area contributed by atoms with Crippen LogP contribution in [-0.4, -0.2) is 41.9 Å². The molecule has 0 amide bonds. The summed E-state index contributed by atoms with van der Waals surface area (Å²) >= 11 is 0. The Morgan fingerprint density at radius 1 is 1.22 bits per heavy atom. The number of hydrogen-bond donors (Lipinski definition) is 0. The summed E-state index contributed by atoms with van der Waals surface area (Å²) in [5, 5.41) is 10.6. The Morgan fingerprint density at radius 3 is 2.26 bits per heavy atom. The van der Waals surface area contributed by atoms with Gasteiger partial charge >= 0.3 is 5.97 Å². The quantitative estimate of drug-likeness (QED) is 0.178. The van der Waals surface area contributed by atoms with Crippen molar-refractivity contribution < 1.29 is 28.8 Å². The fourth-order valence-electron chi connectivity index (χ4n) is 1.76. The van der Waals surface area contributed by atoms with Gasteiger partial charge in [0.05, 0.1) is 11.5 Å². The molecule has 0 saturated heterocycles. The Hall–Kier alpha value is -2.83. The van der Waals surface area contributed by atoms with Gasteiger partial charge < -0.3 is 9.47 Å². The summed E-state index contributed by atoms with van der Waals surface area (Å²) in [5.74, 6) is -0.257. The first-order valence-corrected chi connectivity index (χ1v) is 6.78. The number of hydrogen-bond acceptors (Lipinski definition) is 7. The van der Waals surface area contributed by atoms with E-state index in [0.29, 0.717) is 0 Å². The number of esters is 1. The molecule has 1 rings (SSSR count). The van der Waals surface area contributed by atoms with E-state index in [1.807, 2.05) is 0 Å². The predicted molar refractivity (Wildman–Crippen MR) is 78.7 cm³/mol. The lowest BCUT2D eigenvalue weighted by Gasteiger charge is -2.15. The molecule has 8 heteroatoms. The Bertz CT molecular complexity index is 644. The average Bonchev–Trinajstić information content (AvgIpc) is 2.54. The van der Waals surface area contributed by atoms with E-state index in [0.717, 1.165) is 12.1 Å². The number of Topliss-reactive ketones (excluding diaryl/α,β-unsaturated/α-hetero) is 1. The van der Waals surface area contributed by atoms with Crippen LogP contribution in [0, 0.1) is 10.1 Å². The Kier molecular flexibility index (Phi) is 6.79. The molecule has 0 aliphatic rings. The van der Waals surface area contributed by atoms with Crippen molar-refractivity contribution in [3.8, 4) is 0 Å². The van der Waals surface area contributed by atoms with Gasteiger partial charge in [-0.3, -0.25) is 14.9 Å². The number of carbonyl (C=O) groups is 2. The minimum Gasteiger partial charge on any atom is -0.464 e. The summed E-state index contributed by atoms with van der Waals surface area (Å²) < 4.78 is 9.88. The lowest BCUT2D eigenvalue weighted by Crippen LogP contribution is -2.32. The smallest absolute Gasteiger partial charge is 0.340 e. The highest BCUT2D eigenvalue weighted by Gasteiger charge is 2.31. The average molecular weight is 321 g/mol. The Balaban J connectivity index is 3.11. The van der Waals surface area contributed by atoms with Crippen LogP contribution in [0.5, 0.6) is 0 Å². The second-order valence-electron chi connectivity index (χ2n) is 4.24. The van der Waals surface area contributed by atoms with Crippen molar-refractivity contribution in [2.45, 2.75) is 20.0 Å². The maximum absolute atomic E-state index is 12.3. The van der Waals surface area contributed by atoms with Crippen molar-refractivity contribution in [2.24, 2.45) is 0 Å². The van der Waals surface area contributed by atoms with Crippen LogP contribution in [0.2, 0.25) is 0 Å². The van der Waals surface area contributed by atoms with Crippen LogP contribution in [0.15, 0.2) is 29.8 Å². The van der Waals surface area contributed by atoms with Crippen molar-refractivity contribution in [3.05, 3.63) is 45.5 Å². The fourth-order valence-corrected chi connectivity index (χ4v) is 1.76. The number of non-ortho nitro benzene ring substituents is 1. The van der Waals surface area contributed by atoms with Crippen molar-refractivity contribution in [1.82, 2.24) is 0 Å². The lowest BCUT2D eigenvalue weighted by atomic mass is 10.00. The molecule has 23 heavy (non-hydrogen) atoms. The van der Waals surface area contributed by atoms with Gasteiger partial charge in [-0.25, -0.2) is 9.59 Å². The third-order valence-electron chi connectivity index (χ3n) is 2.79. The van der Waals surface area contributed by atoms with E-state index in [1.165, 1.54) is 18.1 Å². The third-order valence-corrected chi connectivity index (χ3v) is 2.79. The number of nitro benzene ring substituents is 1. The molecule has 0 spiro atoms. The highest BCUT2D eigenvalue weighted by atomic mass is 16.6. The standard InChI is InChI=1S/C15H15NO7/c1-3-22-14(15(19)23-4-2)12(9-17)13(18)10-5-7-11(8-6-10)16(20)21/h5-8,14H,3-4H2,1-2H3. The molecular weight excluding hydrogens is 306 g/mol. The molecule has 0 N–H and O–H groups in total. The minimum atomic E-state index is -1.49. The van der Waals surface area contributed by atoms with Crippen LogP contribution in [-0.2, 0) is 19.1 Å². The van der Waals surface area contributed by atoms with Crippen molar-refractivity contribution in [1.29, 1.82) is 0 Å². The summed E-state index contributed by atoms with van der Waals surface area (Å²) in [6.45, 7) is 3.29. The molecule has 1 unspecified atom stereocenters. The van der Waals surface area contributed by atoms with Crippen LogP contribution in [0.3, 0.4) is 0 Å². The zero-order valence-corrected chi connectivity index (χ0v) is 12.6. The zero-order chi connectivity index (χ0) is 17.4. The van der Waals surface area contributed by atoms with Gasteiger partial charge in [0.1, 0.15) is 11.5 Å². The summed E-state index contributed by atoms with van der Waals surface area (Å²) in [6.07, 6.45) is -1.49. The number of nitro groups is 1. The first-order valence-electron chi connectivity index (χ1n) is 6.78. The van der Waals surface area contributed by atoms with Gasteiger partial charge in [0.15, 0.2) is 6.10 Å². The summed E-state index contributed by atoms with van der Waals surface area (Å²) in [7, 11) is 0. The molecule has 8 nitrogen and oxygen atoms in total.